The van der Waals surface area contributed by atoms with Crippen molar-refractivity contribution in [2.24, 2.45) is 11.7 Å². The first-order valence-corrected chi connectivity index (χ1v) is 6.13. The molecule has 14 heavy (non-hydrogen) atoms. The third-order valence-corrected chi connectivity index (χ3v) is 3.14. The molecule has 0 bridgehead atoms. The normalized spacial score (nSPS) is 15.9. The van der Waals surface area contributed by atoms with Gasteiger partial charge in [-0.15, -0.1) is 0 Å². The second-order valence-corrected chi connectivity index (χ2v) is 4.24. The lowest BCUT2D eigenvalue weighted by molar-refractivity contribution is 0.179. The molecular formula is C12H28N2. The summed E-state index contributed by atoms with van der Waals surface area (Å²) in [4.78, 5) is 2.55. The fourth-order valence-electron chi connectivity index (χ4n) is 1.90. The molecule has 0 aromatic carbocycles. The Morgan fingerprint density at radius 3 is 2.21 bits per heavy atom. The number of hydrogen-bond donors (Lipinski definition) is 1. The molecule has 0 rings (SSSR count). The maximum atomic E-state index is 5.78. The molecule has 0 amide bonds. The summed E-state index contributed by atoms with van der Waals surface area (Å²) >= 11 is 0. The Balaban J connectivity index is 3.99. The minimum atomic E-state index is 0.689. The molecule has 0 saturated carbocycles. The summed E-state index contributed by atoms with van der Waals surface area (Å²) in [6.07, 6.45) is 3.75. The number of rotatable bonds is 8. The average molecular weight is 200 g/mol. The lowest BCUT2D eigenvalue weighted by Gasteiger charge is -2.30. The van der Waals surface area contributed by atoms with Gasteiger partial charge in [-0.05, 0) is 38.8 Å². The summed E-state index contributed by atoms with van der Waals surface area (Å²) in [6, 6.07) is 0.700. The minimum Gasteiger partial charge on any atom is -0.330 e. The highest BCUT2D eigenvalue weighted by Gasteiger charge is 2.14. The maximum Gasteiger partial charge on any atom is 0.00643 e. The van der Waals surface area contributed by atoms with Crippen LogP contribution in [0, 0.1) is 5.92 Å². The lowest BCUT2D eigenvalue weighted by atomic mass is 10.0. The van der Waals surface area contributed by atoms with Crippen LogP contribution in [0.15, 0.2) is 0 Å². The van der Waals surface area contributed by atoms with Crippen molar-refractivity contribution < 1.29 is 0 Å². The van der Waals surface area contributed by atoms with Crippen LogP contribution in [0.4, 0.5) is 0 Å². The van der Waals surface area contributed by atoms with Crippen LogP contribution in [0.2, 0.25) is 0 Å². The maximum absolute atomic E-state index is 5.78. The zero-order valence-corrected chi connectivity index (χ0v) is 10.4. The third kappa shape index (κ3) is 4.97. The Hall–Kier alpha value is -0.0800. The molecule has 0 saturated heterocycles. The highest BCUT2D eigenvalue weighted by atomic mass is 15.1. The van der Waals surface area contributed by atoms with Crippen LogP contribution in [0.3, 0.4) is 0 Å². The van der Waals surface area contributed by atoms with Gasteiger partial charge >= 0.3 is 0 Å². The predicted octanol–water partition coefficient (Wildman–Crippen LogP) is 2.48. The van der Waals surface area contributed by atoms with Crippen LogP contribution in [0.5, 0.6) is 0 Å². The summed E-state index contributed by atoms with van der Waals surface area (Å²) in [7, 11) is 0. The van der Waals surface area contributed by atoms with Gasteiger partial charge in [0.2, 0.25) is 0 Å². The van der Waals surface area contributed by atoms with Gasteiger partial charge in [0.05, 0.1) is 0 Å². The van der Waals surface area contributed by atoms with Crippen LogP contribution < -0.4 is 5.73 Å². The summed E-state index contributed by atoms with van der Waals surface area (Å²) < 4.78 is 0. The quantitative estimate of drug-likeness (QED) is 0.652. The zero-order valence-electron chi connectivity index (χ0n) is 10.4. The van der Waals surface area contributed by atoms with Crippen LogP contribution in [0.25, 0.3) is 0 Å². The van der Waals surface area contributed by atoms with E-state index in [1.54, 1.807) is 0 Å². The molecular weight excluding hydrogens is 172 g/mol. The molecule has 0 aliphatic carbocycles. The van der Waals surface area contributed by atoms with E-state index in [0.717, 1.165) is 13.1 Å². The number of hydrogen-bond acceptors (Lipinski definition) is 2. The SMILES string of the molecule is CCCC(CN)CN(CC)C(C)CC. The molecule has 0 aromatic rings. The van der Waals surface area contributed by atoms with Gasteiger partial charge in [-0.2, -0.15) is 0 Å². The third-order valence-electron chi connectivity index (χ3n) is 3.14. The molecule has 0 aliphatic heterocycles. The second-order valence-electron chi connectivity index (χ2n) is 4.24. The first-order chi connectivity index (χ1) is 6.69. The molecule has 2 nitrogen and oxygen atoms in total. The highest BCUT2D eigenvalue weighted by Crippen LogP contribution is 2.11. The molecule has 0 spiro atoms. The van der Waals surface area contributed by atoms with Gasteiger partial charge in [0, 0.05) is 12.6 Å². The van der Waals surface area contributed by atoms with Crippen molar-refractivity contribution in [1.82, 2.24) is 4.90 Å². The number of nitrogens with two attached hydrogens (primary N) is 1. The van der Waals surface area contributed by atoms with Crippen molar-refractivity contribution in [1.29, 1.82) is 0 Å². The standard InChI is InChI=1S/C12H28N2/c1-5-8-12(9-13)10-14(7-3)11(4)6-2/h11-12H,5-10,13H2,1-4H3. The van der Waals surface area contributed by atoms with Crippen molar-refractivity contribution in [2.45, 2.75) is 53.0 Å². The summed E-state index contributed by atoms with van der Waals surface area (Å²) in [5, 5.41) is 0. The van der Waals surface area contributed by atoms with Gasteiger partial charge in [0.25, 0.3) is 0 Å². The molecule has 86 valence electrons. The molecule has 2 N–H and O–H groups in total. The fourth-order valence-corrected chi connectivity index (χ4v) is 1.90. The molecule has 0 radical (unpaired) electrons. The fraction of sp³-hybridized carbons (Fsp3) is 1.00. The molecule has 0 aromatic heterocycles. The van der Waals surface area contributed by atoms with Crippen molar-refractivity contribution in [2.75, 3.05) is 19.6 Å². The van der Waals surface area contributed by atoms with Crippen molar-refractivity contribution in [3.8, 4) is 0 Å². The second kappa shape index (κ2) is 8.25. The largest absolute Gasteiger partial charge is 0.330 e. The van der Waals surface area contributed by atoms with E-state index in [9.17, 15) is 0 Å². The summed E-state index contributed by atoms with van der Waals surface area (Å²) in [6.45, 7) is 12.2. The van der Waals surface area contributed by atoms with E-state index in [-0.39, 0.29) is 0 Å². The number of nitrogens with zero attached hydrogens (tertiary/aromatic N) is 1. The Kier molecular flexibility index (Phi) is 8.20. The van der Waals surface area contributed by atoms with E-state index in [4.69, 9.17) is 5.73 Å². The molecule has 0 fully saturated rings. The highest BCUT2D eigenvalue weighted by molar-refractivity contribution is 4.70. The lowest BCUT2D eigenvalue weighted by Crippen LogP contribution is -2.38. The topological polar surface area (TPSA) is 29.3 Å². The van der Waals surface area contributed by atoms with Gasteiger partial charge in [0.1, 0.15) is 0 Å². The van der Waals surface area contributed by atoms with E-state index in [1.165, 1.54) is 25.8 Å². The van der Waals surface area contributed by atoms with Gasteiger partial charge in [0.15, 0.2) is 0 Å². The smallest absolute Gasteiger partial charge is 0.00643 e. The Morgan fingerprint density at radius 2 is 1.86 bits per heavy atom. The Labute approximate surface area is 89.9 Å². The van der Waals surface area contributed by atoms with Crippen LogP contribution in [-0.2, 0) is 0 Å². The van der Waals surface area contributed by atoms with Crippen LogP contribution in [0.1, 0.15) is 47.0 Å². The van der Waals surface area contributed by atoms with E-state index < -0.39 is 0 Å². The Morgan fingerprint density at radius 1 is 1.21 bits per heavy atom. The van der Waals surface area contributed by atoms with Crippen molar-refractivity contribution in [3.63, 3.8) is 0 Å². The van der Waals surface area contributed by atoms with E-state index in [0.29, 0.717) is 12.0 Å². The molecule has 0 heterocycles. The zero-order chi connectivity index (χ0) is 11.0. The summed E-state index contributed by atoms with van der Waals surface area (Å²) in [5.74, 6) is 0.689. The minimum absolute atomic E-state index is 0.689. The Bertz CT molecular complexity index is 125. The first-order valence-electron chi connectivity index (χ1n) is 6.13. The predicted molar refractivity (Wildman–Crippen MR) is 64.5 cm³/mol. The monoisotopic (exact) mass is 200 g/mol. The van der Waals surface area contributed by atoms with E-state index in [2.05, 4.69) is 32.6 Å². The molecule has 2 atom stereocenters. The summed E-state index contributed by atoms with van der Waals surface area (Å²) in [5.41, 5.74) is 5.78. The van der Waals surface area contributed by atoms with E-state index in [1.807, 2.05) is 0 Å². The van der Waals surface area contributed by atoms with Gasteiger partial charge in [-0.1, -0.05) is 27.2 Å². The van der Waals surface area contributed by atoms with Gasteiger partial charge in [-0.25, -0.2) is 0 Å². The van der Waals surface area contributed by atoms with Gasteiger partial charge < -0.3 is 10.6 Å². The van der Waals surface area contributed by atoms with Crippen LogP contribution >= 0.6 is 0 Å². The molecule has 2 unspecified atom stereocenters. The van der Waals surface area contributed by atoms with Crippen molar-refractivity contribution in [3.05, 3.63) is 0 Å². The van der Waals surface area contributed by atoms with Crippen molar-refractivity contribution >= 4 is 0 Å². The van der Waals surface area contributed by atoms with Crippen LogP contribution in [-0.4, -0.2) is 30.6 Å². The van der Waals surface area contributed by atoms with E-state index >= 15 is 0 Å². The average Bonchev–Trinajstić information content (AvgIpc) is 2.23. The molecule has 0 aliphatic rings. The molecule has 2 heteroatoms. The van der Waals surface area contributed by atoms with Gasteiger partial charge in [-0.3, -0.25) is 0 Å². The first kappa shape index (κ1) is 13.9.